The molecule has 2 aromatic carbocycles. The van der Waals surface area contributed by atoms with E-state index in [1.54, 1.807) is 12.1 Å². The van der Waals surface area contributed by atoms with E-state index in [0.29, 0.717) is 18.4 Å². The maximum Gasteiger partial charge on any atom is 0.228 e. The van der Waals surface area contributed by atoms with Crippen LogP contribution >= 0.6 is 0 Å². The number of nitrogens with one attached hydrogen (secondary N) is 1. The van der Waals surface area contributed by atoms with Gasteiger partial charge in [-0.05, 0) is 66.4 Å². The molecule has 0 fully saturated rings. The zero-order chi connectivity index (χ0) is 19.5. The maximum absolute atomic E-state index is 12.9. The molecule has 0 saturated heterocycles. The van der Waals surface area contributed by atoms with Gasteiger partial charge in [-0.1, -0.05) is 18.2 Å². The first-order chi connectivity index (χ1) is 13.6. The van der Waals surface area contributed by atoms with Crippen molar-refractivity contribution in [2.24, 2.45) is 0 Å². The van der Waals surface area contributed by atoms with E-state index < -0.39 is 0 Å². The van der Waals surface area contributed by atoms with E-state index in [9.17, 15) is 14.0 Å². The van der Waals surface area contributed by atoms with Crippen LogP contribution in [0.4, 0.5) is 10.1 Å². The number of benzene rings is 2. The molecular weight excluding hydrogens is 355 g/mol. The predicted octanol–water partition coefficient (Wildman–Crippen LogP) is 4.07. The minimum absolute atomic E-state index is 0.0604. The molecule has 0 aliphatic carbocycles. The third kappa shape index (κ3) is 4.04. The second-order valence-corrected chi connectivity index (χ2v) is 7.37. The number of amides is 1. The van der Waals surface area contributed by atoms with Crippen molar-refractivity contribution in [3.8, 4) is 0 Å². The van der Waals surface area contributed by atoms with Crippen LogP contribution in [0.3, 0.4) is 0 Å². The number of halogens is 1. The van der Waals surface area contributed by atoms with Crippen LogP contribution in [-0.4, -0.2) is 36.2 Å². The zero-order valence-electron chi connectivity index (χ0n) is 15.7. The first-order valence-corrected chi connectivity index (χ1v) is 9.72. The molecule has 0 unspecified atom stereocenters. The first-order valence-electron chi connectivity index (χ1n) is 9.72. The van der Waals surface area contributed by atoms with E-state index >= 15 is 0 Å². The molecule has 2 heterocycles. The zero-order valence-corrected chi connectivity index (χ0v) is 15.7. The average Bonchev–Trinajstić information content (AvgIpc) is 3.09. The lowest BCUT2D eigenvalue weighted by molar-refractivity contribution is -0.115. The standard InChI is InChI=1S/C23H23FN2O2/c24-18-8-6-17(7-9-18)22(27)5-2-12-26-13-10-16(11-14-26)19-3-1-4-21-20(19)15-23(28)25-21/h1,3-4,6-10H,2,5,11-15H2,(H,25,28). The number of ketones is 1. The van der Waals surface area contributed by atoms with Crippen molar-refractivity contribution in [2.45, 2.75) is 25.7 Å². The molecule has 0 saturated carbocycles. The summed E-state index contributed by atoms with van der Waals surface area (Å²) in [5.41, 5.74) is 5.10. The Hall–Kier alpha value is -2.79. The van der Waals surface area contributed by atoms with Crippen LogP contribution in [-0.2, 0) is 11.2 Å². The van der Waals surface area contributed by atoms with Crippen LogP contribution in [0, 0.1) is 5.82 Å². The molecule has 5 heteroatoms. The smallest absolute Gasteiger partial charge is 0.228 e. The van der Waals surface area contributed by atoms with Crippen LogP contribution in [0.25, 0.3) is 5.57 Å². The van der Waals surface area contributed by atoms with Crippen LogP contribution in [0.2, 0.25) is 0 Å². The molecule has 0 aromatic heterocycles. The molecule has 0 atom stereocenters. The van der Waals surface area contributed by atoms with Crippen molar-refractivity contribution in [3.05, 3.63) is 71.0 Å². The molecule has 2 aliphatic heterocycles. The number of Topliss-reactive ketones (excluding diaryl/α,β-unsaturated/α-hetero) is 1. The summed E-state index contributed by atoms with van der Waals surface area (Å²) in [5, 5.41) is 2.91. The maximum atomic E-state index is 12.9. The van der Waals surface area contributed by atoms with Crippen LogP contribution in [0.15, 0.2) is 48.5 Å². The van der Waals surface area contributed by atoms with Gasteiger partial charge in [0.2, 0.25) is 5.91 Å². The summed E-state index contributed by atoms with van der Waals surface area (Å²) in [7, 11) is 0. The van der Waals surface area contributed by atoms with Gasteiger partial charge in [-0.3, -0.25) is 14.5 Å². The van der Waals surface area contributed by atoms with Gasteiger partial charge >= 0.3 is 0 Å². The molecule has 144 valence electrons. The van der Waals surface area contributed by atoms with Crippen molar-refractivity contribution < 1.29 is 14.0 Å². The third-order valence-corrected chi connectivity index (χ3v) is 5.47. The van der Waals surface area contributed by atoms with Crippen molar-refractivity contribution in [3.63, 3.8) is 0 Å². The SMILES string of the molecule is O=C1Cc2c(cccc2C2=CCN(CCCC(=O)c3ccc(F)cc3)CC2)N1. The Morgan fingerprint density at radius 3 is 2.71 bits per heavy atom. The minimum atomic E-state index is -0.323. The summed E-state index contributed by atoms with van der Waals surface area (Å²) in [6.07, 6.45) is 4.90. The fourth-order valence-corrected chi connectivity index (χ4v) is 3.95. The third-order valence-electron chi connectivity index (χ3n) is 5.47. The molecule has 4 nitrogen and oxygen atoms in total. The summed E-state index contributed by atoms with van der Waals surface area (Å²) in [6.45, 7) is 2.66. The topological polar surface area (TPSA) is 49.4 Å². The second kappa shape index (κ2) is 8.07. The fourth-order valence-electron chi connectivity index (χ4n) is 3.95. The van der Waals surface area contributed by atoms with Crippen LogP contribution < -0.4 is 5.32 Å². The summed E-state index contributed by atoms with van der Waals surface area (Å²) in [5.74, 6) is -0.201. The Kier molecular flexibility index (Phi) is 5.35. The highest BCUT2D eigenvalue weighted by Crippen LogP contribution is 2.33. The van der Waals surface area contributed by atoms with Crippen molar-refractivity contribution in [2.75, 3.05) is 25.0 Å². The van der Waals surface area contributed by atoms with Gasteiger partial charge in [0.25, 0.3) is 0 Å². The van der Waals surface area contributed by atoms with Gasteiger partial charge in [0, 0.05) is 30.8 Å². The van der Waals surface area contributed by atoms with Gasteiger partial charge in [0.15, 0.2) is 5.78 Å². The molecule has 0 spiro atoms. The number of anilines is 1. The van der Waals surface area contributed by atoms with Gasteiger partial charge in [0.05, 0.1) is 6.42 Å². The van der Waals surface area contributed by atoms with E-state index in [4.69, 9.17) is 0 Å². The predicted molar refractivity (Wildman–Crippen MR) is 108 cm³/mol. The number of carbonyl (C=O) groups is 2. The number of fused-ring (bicyclic) bond motifs is 1. The monoisotopic (exact) mass is 378 g/mol. The van der Waals surface area contributed by atoms with Crippen molar-refractivity contribution >= 4 is 23.0 Å². The summed E-state index contributed by atoms with van der Waals surface area (Å²) < 4.78 is 12.9. The van der Waals surface area contributed by atoms with E-state index in [1.165, 1.54) is 23.3 Å². The first kappa shape index (κ1) is 18.6. The summed E-state index contributed by atoms with van der Waals surface area (Å²) >= 11 is 0. The molecule has 4 rings (SSSR count). The lowest BCUT2D eigenvalue weighted by Gasteiger charge is -2.27. The lowest BCUT2D eigenvalue weighted by Crippen LogP contribution is -2.29. The lowest BCUT2D eigenvalue weighted by atomic mass is 9.93. The number of nitrogens with zero attached hydrogens (tertiary/aromatic N) is 1. The summed E-state index contributed by atoms with van der Waals surface area (Å²) in [6, 6.07) is 11.8. The average molecular weight is 378 g/mol. The molecule has 2 aromatic rings. The molecule has 28 heavy (non-hydrogen) atoms. The summed E-state index contributed by atoms with van der Waals surface area (Å²) in [4.78, 5) is 26.2. The highest BCUT2D eigenvalue weighted by Gasteiger charge is 2.23. The van der Waals surface area contributed by atoms with Crippen LogP contribution in [0.5, 0.6) is 0 Å². The Balaban J connectivity index is 1.30. The van der Waals surface area contributed by atoms with E-state index in [2.05, 4.69) is 22.4 Å². The Bertz CT molecular complexity index is 934. The number of hydrogen-bond acceptors (Lipinski definition) is 3. The molecule has 1 N–H and O–H groups in total. The van der Waals surface area contributed by atoms with Crippen molar-refractivity contribution in [1.29, 1.82) is 0 Å². The fraction of sp³-hybridized carbons (Fsp3) is 0.304. The van der Waals surface area contributed by atoms with Crippen LogP contribution in [0.1, 0.15) is 40.7 Å². The minimum Gasteiger partial charge on any atom is -0.326 e. The molecule has 1 amide bonds. The number of rotatable bonds is 6. The van der Waals surface area contributed by atoms with Gasteiger partial charge < -0.3 is 5.32 Å². The number of hydrogen-bond donors (Lipinski definition) is 1. The molecular formula is C23H23FN2O2. The molecule has 2 aliphatic rings. The Morgan fingerprint density at radius 2 is 1.96 bits per heavy atom. The Morgan fingerprint density at radius 1 is 1.14 bits per heavy atom. The van der Waals surface area contributed by atoms with E-state index in [1.807, 2.05) is 12.1 Å². The van der Waals surface area contributed by atoms with E-state index in [-0.39, 0.29) is 17.5 Å². The van der Waals surface area contributed by atoms with Gasteiger partial charge in [0.1, 0.15) is 5.82 Å². The molecule has 0 radical (unpaired) electrons. The van der Waals surface area contributed by atoms with E-state index in [0.717, 1.165) is 43.7 Å². The second-order valence-electron chi connectivity index (χ2n) is 7.37. The quantitative estimate of drug-likeness (QED) is 0.771. The normalized spacial score (nSPS) is 16.5. The van der Waals surface area contributed by atoms with Gasteiger partial charge in [-0.2, -0.15) is 0 Å². The van der Waals surface area contributed by atoms with Crippen molar-refractivity contribution in [1.82, 2.24) is 4.90 Å². The largest absolute Gasteiger partial charge is 0.326 e. The highest BCUT2D eigenvalue weighted by atomic mass is 19.1. The number of carbonyl (C=O) groups excluding carboxylic acids is 2. The van der Waals surface area contributed by atoms with Gasteiger partial charge in [-0.15, -0.1) is 0 Å². The Labute approximate surface area is 164 Å². The van der Waals surface area contributed by atoms with Gasteiger partial charge in [-0.25, -0.2) is 4.39 Å². The molecule has 0 bridgehead atoms. The highest BCUT2D eigenvalue weighted by molar-refractivity contribution is 6.01.